The van der Waals surface area contributed by atoms with Gasteiger partial charge in [-0.25, -0.2) is 0 Å². The molecule has 0 spiro atoms. The third kappa shape index (κ3) is 5.43. The lowest BCUT2D eigenvalue weighted by atomic mass is 10.1. The molecule has 3 rings (SSSR count). The Morgan fingerprint density at radius 1 is 1.31 bits per heavy atom. The molecule has 2 aliphatic heterocycles. The van der Waals surface area contributed by atoms with E-state index >= 15 is 0 Å². The Morgan fingerprint density at radius 3 is 2.73 bits per heavy atom. The normalized spacial score (nSPS) is 20.9. The molecule has 1 atom stereocenters. The number of morpholine rings is 1. The van der Waals surface area contributed by atoms with Crippen molar-refractivity contribution in [3.8, 4) is 5.75 Å². The average molecular weight is 361 g/mol. The number of hydrogen-bond donors (Lipinski definition) is 1. The van der Waals surface area contributed by atoms with Crippen LogP contribution in [0.5, 0.6) is 5.75 Å². The van der Waals surface area contributed by atoms with Gasteiger partial charge in [0.15, 0.2) is 0 Å². The van der Waals surface area contributed by atoms with E-state index in [9.17, 15) is 4.79 Å². The van der Waals surface area contributed by atoms with E-state index in [1.165, 1.54) is 0 Å². The van der Waals surface area contributed by atoms with Crippen LogP contribution < -0.4 is 10.1 Å². The smallest absolute Gasteiger partial charge is 0.227 e. The van der Waals surface area contributed by atoms with Crippen LogP contribution in [0.4, 0.5) is 0 Å². The van der Waals surface area contributed by atoms with Crippen molar-refractivity contribution in [2.75, 3.05) is 59.1 Å². The number of ether oxygens (including phenoxy) is 2. The maximum atomic E-state index is 13.0. The van der Waals surface area contributed by atoms with Crippen molar-refractivity contribution in [3.63, 3.8) is 0 Å². The largest absolute Gasteiger partial charge is 0.494 e. The van der Waals surface area contributed by atoms with E-state index in [0.717, 1.165) is 70.2 Å². The number of rotatable bonds is 8. The number of nitrogens with one attached hydrogen (secondary N) is 1. The number of carbonyl (C=O) groups excluding carboxylic acids is 1. The molecule has 2 aliphatic rings. The lowest BCUT2D eigenvalue weighted by Gasteiger charge is -2.33. The van der Waals surface area contributed by atoms with Crippen molar-refractivity contribution in [2.45, 2.75) is 25.8 Å². The van der Waals surface area contributed by atoms with Crippen LogP contribution in [0.3, 0.4) is 0 Å². The molecule has 0 aliphatic carbocycles. The maximum Gasteiger partial charge on any atom is 0.227 e. The Kier molecular flexibility index (Phi) is 7.29. The first-order chi connectivity index (χ1) is 12.8. The van der Waals surface area contributed by atoms with Gasteiger partial charge in [0.25, 0.3) is 0 Å². The summed E-state index contributed by atoms with van der Waals surface area (Å²) >= 11 is 0. The zero-order valence-electron chi connectivity index (χ0n) is 15.8. The van der Waals surface area contributed by atoms with Crippen LogP contribution in [0.25, 0.3) is 0 Å². The Balaban J connectivity index is 1.58. The first-order valence-electron chi connectivity index (χ1n) is 9.78. The molecule has 2 heterocycles. The van der Waals surface area contributed by atoms with Gasteiger partial charge >= 0.3 is 0 Å². The third-order valence-corrected chi connectivity index (χ3v) is 5.15. The van der Waals surface area contributed by atoms with Crippen molar-refractivity contribution in [1.29, 1.82) is 0 Å². The molecule has 2 fully saturated rings. The summed E-state index contributed by atoms with van der Waals surface area (Å²) in [6.07, 6.45) is 1.49. The molecule has 1 amide bonds. The van der Waals surface area contributed by atoms with Gasteiger partial charge in [-0.3, -0.25) is 9.69 Å². The second-order valence-corrected chi connectivity index (χ2v) is 6.94. The van der Waals surface area contributed by atoms with Gasteiger partial charge in [-0.2, -0.15) is 0 Å². The monoisotopic (exact) mass is 361 g/mol. The van der Waals surface area contributed by atoms with Crippen LogP contribution in [0, 0.1) is 0 Å². The zero-order valence-corrected chi connectivity index (χ0v) is 15.8. The molecule has 1 N–H and O–H groups in total. The Morgan fingerprint density at radius 2 is 2.08 bits per heavy atom. The lowest BCUT2D eigenvalue weighted by molar-refractivity contribution is -0.132. The molecule has 1 aromatic rings. The minimum atomic E-state index is 0.219. The number of carbonyl (C=O) groups is 1. The summed E-state index contributed by atoms with van der Waals surface area (Å²) in [5.74, 6) is 1.07. The van der Waals surface area contributed by atoms with E-state index < -0.39 is 0 Å². The van der Waals surface area contributed by atoms with Crippen LogP contribution in [0.15, 0.2) is 24.3 Å². The SMILES string of the molecule is CCOc1ccc(CC(=O)N(CCN2CCOCC2)C2CCNC2)cc1. The van der Waals surface area contributed by atoms with Crippen LogP contribution in [-0.2, 0) is 16.0 Å². The Labute approximate surface area is 156 Å². The fourth-order valence-electron chi connectivity index (χ4n) is 3.64. The summed E-state index contributed by atoms with van der Waals surface area (Å²) in [5, 5.41) is 3.39. The molecular weight excluding hydrogens is 330 g/mol. The Hall–Kier alpha value is -1.63. The van der Waals surface area contributed by atoms with Gasteiger partial charge in [0.05, 0.1) is 26.2 Å². The predicted molar refractivity (Wildman–Crippen MR) is 102 cm³/mol. The fraction of sp³-hybridized carbons (Fsp3) is 0.650. The van der Waals surface area contributed by atoms with E-state index in [4.69, 9.17) is 9.47 Å². The molecule has 2 saturated heterocycles. The molecule has 1 aromatic carbocycles. The summed E-state index contributed by atoms with van der Waals surface area (Å²) in [7, 11) is 0. The zero-order chi connectivity index (χ0) is 18.2. The van der Waals surface area contributed by atoms with Gasteiger partial charge in [0, 0.05) is 38.8 Å². The summed E-state index contributed by atoms with van der Waals surface area (Å²) in [6, 6.07) is 8.19. The molecule has 0 saturated carbocycles. The maximum absolute atomic E-state index is 13.0. The highest BCUT2D eigenvalue weighted by atomic mass is 16.5. The average Bonchev–Trinajstić information content (AvgIpc) is 3.19. The van der Waals surface area contributed by atoms with Gasteiger partial charge in [-0.1, -0.05) is 12.1 Å². The van der Waals surface area contributed by atoms with E-state index in [2.05, 4.69) is 15.1 Å². The van der Waals surface area contributed by atoms with Crippen molar-refractivity contribution >= 4 is 5.91 Å². The third-order valence-electron chi connectivity index (χ3n) is 5.15. The van der Waals surface area contributed by atoms with Crippen molar-refractivity contribution in [2.24, 2.45) is 0 Å². The highest BCUT2D eigenvalue weighted by molar-refractivity contribution is 5.79. The van der Waals surface area contributed by atoms with Crippen molar-refractivity contribution < 1.29 is 14.3 Å². The molecular formula is C20H31N3O3. The second-order valence-electron chi connectivity index (χ2n) is 6.94. The number of benzene rings is 1. The lowest BCUT2D eigenvalue weighted by Crippen LogP contribution is -2.48. The quantitative estimate of drug-likeness (QED) is 0.753. The van der Waals surface area contributed by atoms with Crippen molar-refractivity contribution in [1.82, 2.24) is 15.1 Å². The van der Waals surface area contributed by atoms with Crippen molar-refractivity contribution in [3.05, 3.63) is 29.8 Å². The van der Waals surface area contributed by atoms with Gasteiger partial charge in [0.1, 0.15) is 5.75 Å². The van der Waals surface area contributed by atoms with Crippen LogP contribution >= 0.6 is 0 Å². The molecule has 0 bridgehead atoms. The molecule has 6 nitrogen and oxygen atoms in total. The van der Waals surface area contributed by atoms with Gasteiger partial charge in [-0.05, 0) is 37.6 Å². The van der Waals surface area contributed by atoms with E-state index in [-0.39, 0.29) is 5.91 Å². The van der Waals surface area contributed by atoms with E-state index in [0.29, 0.717) is 19.1 Å². The summed E-state index contributed by atoms with van der Waals surface area (Å²) in [5.41, 5.74) is 1.04. The molecule has 144 valence electrons. The topological polar surface area (TPSA) is 54.0 Å². The fourth-order valence-corrected chi connectivity index (χ4v) is 3.64. The molecule has 0 radical (unpaired) electrons. The molecule has 26 heavy (non-hydrogen) atoms. The van der Waals surface area contributed by atoms with E-state index in [1.807, 2.05) is 31.2 Å². The summed E-state index contributed by atoms with van der Waals surface area (Å²) in [4.78, 5) is 17.5. The number of amides is 1. The molecule has 1 unspecified atom stereocenters. The van der Waals surface area contributed by atoms with Crippen LogP contribution in [0.1, 0.15) is 18.9 Å². The minimum Gasteiger partial charge on any atom is -0.494 e. The highest BCUT2D eigenvalue weighted by Crippen LogP contribution is 2.15. The van der Waals surface area contributed by atoms with Gasteiger partial charge < -0.3 is 19.7 Å². The van der Waals surface area contributed by atoms with Gasteiger partial charge in [-0.15, -0.1) is 0 Å². The van der Waals surface area contributed by atoms with Gasteiger partial charge in [0.2, 0.25) is 5.91 Å². The molecule has 6 heteroatoms. The summed E-state index contributed by atoms with van der Waals surface area (Å²) in [6.45, 7) is 9.76. The second kappa shape index (κ2) is 9.90. The predicted octanol–water partition coefficient (Wildman–Crippen LogP) is 1.15. The first-order valence-corrected chi connectivity index (χ1v) is 9.78. The number of nitrogens with zero attached hydrogens (tertiary/aromatic N) is 2. The van der Waals surface area contributed by atoms with Crippen LogP contribution in [0.2, 0.25) is 0 Å². The number of hydrogen-bond acceptors (Lipinski definition) is 5. The Bertz CT molecular complexity index is 552. The van der Waals surface area contributed by atoms with Crippen LogP contribution in [-0.4, -0.2) is 80.8 Å². The molecule has 0 aromatic heterocycles. The minimum absolute atomic E-state index is 0.219. The highest BCUT2D eigenvalue weighted by Gasteiger charge is 2.27. The standard InChI is InChI=1S/C20H31N3O3/c1-2-26-19-5-3-17(4-6-19)15-20(24)23(18-7-8-21-16-18)10-9-22-11-13-25-14-12-22/h3-6,18,21H,2,7-16H2,1H3. The first kappa shape index (κ1) is 19.1. The van der Waals surface area contributed by atoms with E-state index in [1.54, 1.807) is 0 Å². The summed E-state index contributed by atoms with van der Waals surface area (Å²) < 4.78 is 10.9.